The van der Waals surface area contributed by atoms with Crippen LogP contribution in [0.5, 0.6) is 0 Å². The van der Waals surface area contributed by atoms with Crippen molar-refractivity contribution in [3.63, 3.8) is 0 Å². The van der Waals surface area contributed by atoms with E-state index in [0.717, 1.165) is 31.7 Å². The fourth-order valence-corrected chi connectivity index (χ4v) is 2.85. The Morgan fingerprint density at radius 2 is 2.00 bits per heavy atom. The van der Waals surface area contributed by atoms with Gasteiger partial charge in [-0.15, -0.1) is 0 Å². The van der Waals surface area contributed by atoms with E-state index in [2.05, 4.69) is 17.1 Å². The van der Waals surface area contributed by atoms with Crippen molar-refractivity contribution in [2.24, 2.45) is 0 Å². The average Bonchev–Trinajstić information content (AvgIpc) is 2.30. The molecule has 2 rings (SSSR count). The van der Waals surface area contributed by atoms with Crippen LogP contribution >= 0.6 is 0 Å². The molecule has 3 nitrogen and oxygen atoms in total. The summed E-state index contributed by atoms with van der Waals surface area (Å²) in [6.45, 7) is 7.95. The van der Waals surface area contributed by atoms with E-state index in [0.29, 0.717) is 0 Å². The fraction of sp³-hybridized carbons (Fsp3) is 1.00. The summed E-state index contributed by atoms with van der Waals surface area (Å²) >= 11 is 0. The highest BCUT2D eigenvalue weighted by atomic mass is 15.3. The Labute approximate surface area is 94.6 Å². The molecule has 2 aliphatic rings. The van der Waals surface area contributed by atoms with Crippen LogP contribution in [-0.4, -0.2) is 62.5 Å². The molecule has 0 spiro atoms. The zero-order valence-corrected chi connectivity index (χ0v) is 9.78. The summed E-state index contributed by atoms with van der Waals surface area (Å²) in [5.41, 5.74) is 0. The first-order chi connectivity index (χ1) is 7.31. The Balaban J connectivity index is 1.90. The van der Waals surface area contributed by atoms with E-state index in [-0.39, 0.29) is 0 Å². The van der Waals surface area contributed by atoms with E-state index in [4.69, 9.17) is 7.98 Å². The van der Waals surface area contributed by atoms with Crippen LogP contribution in [0.15, 0.2) is 0 Å². The van der Waals surface area contributed by atoms with E-state index in [1.54, 1.807) is 0 Å². The molecule has 2 fully saturated rings. The molecule has 15 heavy (non-hydrogen) atoms. The van der Waals surface area contributed by atoms with Gasteiger partial charge in [0.15, 0.2) is 7.98 Å². The molecule has 0 aromatic rings. The molecule has 2 saturated heterocycles. The molecule has 0 saturated carbocycles. The maximum absolute atomic E-state index is 5.80. The van der Waals surface area contributed by atoms with Crippen LogP contribution in [0.3, 0.4) is 0 Å². The summed E-state index contributed by atoms with van der Waals surface area (Å²) in [5, 5.41) is 3.49. The summed E-state index contributed by atoms with van der Waals surface area (Å²) in [5.74, 6) is 0. The Morgan fingerprint density at radius 3 is 2.67 bits per heavy atom. The average molecular weight is 207 g/mol. The number of piperazine rings is 1. The number of piperidine rings is 1. The first-order valence-corrected chi connectivity index (χ1v) is 6.27. The van der Waals surface area contributed by atoms with Gasteiger partial charge in [-0.3, -0.25) is 4.90 Å². The normalized spacial score (nSPS) is 31.9. The van der Waals surface area contributed by atoms with Crippen molar-refractivity contribution in [3.8, 4) is 0 Å². The highest BCUT2D eigenvalue weighted by molar-refractivity contribution is 6.04. The lowest BCUT2D eigenvalue weighted by atomic mass is 9.97. The Hall–Kier alpha value is -0.0551. The predicted octanol–water partition coefficient (Wildman–Crippen LogP) is 0.218. The van der Waals surface area contributed by atoms with Gasteiger partial charge in [0, 0.05) is 31.7 Å². The number of rotatable bonds is 2. The standard InChI is InChI=1S/C11H22BN3/c1-2-10-9-13-5-8-15(10)11-3-6-14(12)7-4-11/h10-11,13H,2-9H2,1H3/t10-/m0/s1. The molecule has 0 aromatic heterocycles. The van der Waals surface area contributed by atoms with E-state index in [9.17, 15) is 0 Å². The maximum Gasteiger partial charge on any atom is 0.182 e. The molecule has 0 amide bonds. The number of hydrogen-bond donors (Lipinski definition) is 1. The summed E-state index contributed by atoms with van der Waals surface area (Å²) in [6.07, 6.45) is 3.75. The minimum atomic E-state index is 0.744. The SMILES string of the molecule is [B]N1CCC(N2CCNC[C@@H]2CC)CC1. The van der Waals surface area contributed by atoms with E-state index < -0.39 is 0 Å². The van der Waals surface area contributed by atoms with Gasteiger partial charge < -0.3 is 10.1 Å². The van der Waals surface area contributed by atoms with E-state index >= 15 is 0 Å². The van der Waals surface area contributed by atoms with Crippen molar-refractivity contribution < 1.29 is 0 Å². The van der Waals surface area contributed by atoms with Crippen LogP contribution in [0.25, 0.3) is 0 Å². The van der Waals surface area contributed by atoms with Crippen molar-refractivity contribution >= 4 is 7.98 Å². The second-order valence-corrected chi connectivity index (χ2v) is 4.77. The van der Waals surface area contributed by atoms with Crippen LogP contribution in [0.4, 0.5) is 0 Å². The first-order valence-electron chi connectivity index (χ1n) is 6.27. The lowest BCUT2D eigenvalue weighted by Crippen LogP contribution is -2.57. The lowest BCUT2D eigenvalue weighted by molar-refractivity contribution is 0.0724. The fourth-order valence-electron chi connectivity index (χ4n) is 2.85. The molecule has 2 radical (unpaired) electrons. The highest BCUT2D eigenvalue weighted by Crippen LogP contribution is 2.20. The molecule has 1 atom stereocenters. The van der Waals surface area contributed by atoms with Gasteiger partial charge in [0.25, 0.3) is 0 Å². The monoisotopic (exact) mass is 207 g/mol. The summed E-state index contributed by atoms with van der Waals surface area (Å²) in [4.78, 5) is 4.67. The molecule has 84 valence electrons. The molecule has 0 unspecified atom stereocenters. The van der Waals surface area contributed by atoms with E-state index in [1.807, 2.05) is 4.81 Å². The first kappa shape index (κ1) is 11.4. The van der Waals surface area contributed by atoms with E-state index in [1.165, 1.54) is 32.4 Å². The zero-order valence-electron chi connectivity index (χ0n) is 9.78. The highest BCUT2D eigenvalue weighted by Gasteiger charge is 2.29. The zero-order chi connectivity index (χ0) is 10.7. The van der Waals surface area contributed by atoms with Crippen LogP contribution in [0.2, 0.25) is 0 Å². The lowest BCUT2D eigenvalue weighted by Gasteiger charge is -2.44. The largest absolute Gasteiger partial charge is 0.353 e. The van der Waals surface area contributed by atoms with Crippen LogP contribution in [-0.2, 0) is 0 Å². The van der Waals surface area contributed by atoms with Gasteiger partial charge in [-0.25, -0.2) is 0 Å². The number of hydrogen-bond acceptors (Lipinski definition) is 3. The van der Waals surface area contributed by atoms with Crippen LogP contribution < -0.4 is 5.32 Å². The van der Waals surface area contributed by atoms with Crippen molar-refractivity contribution in [3.05, 3.63) is 0 Å². The molecule has 0 bridgehead atoms. The molecule has 4 heteroatoms. The second-order valence-electron chi connectivity index (χ2n) is 4.77. The topological polar surface area (TPSA) is 18.5 Å². The van der Waals surface area contributed by atoms with Crippen molar-refractivity contribution in [2.75, 3.05) is 32.7 Å². The number of nitrogens with zero attached hydrogens (tertiary/aromatic N) is 2. The van der Waals surface area contributed by atoms with Crippen molar-refractivity contribution in [1.29, 1.82) is 0 Å². The third-order valence-electron chi connectivity index (χ3n) is 3.84. The molecular formula is C11H22BN3. The minimum absolute atomic E-state index is 0.744. The summed E-state index contributed by atoms with van der Waals surface area (Å²) < 4.78 is 0. The smallest absolute Gasteiger partial charge is 0.182 e. The molecule has 1 N–H and O–H groups in total. The molecule has 0 aromatic carbocycles. The van der Waals surface area contributed by atoms with Gasteiger partial charge in [-0.2, -0.15) is 0 Å². The minimum Gasteiger partial charge on any atom is -0.353 e. The van der Waals surface area contributed by atoms with Gasteiger partial charge in [-0.05, 0) is 32.4 Å². The van der Waals surface area contributed by atoms with Gasteiger partial charge in [-0.1, -0.05) is 6.92 Å². The maximum atomic E-state index is 5.80. The molecular weight excluding hydrogens is 185 g/mol. The summed E-state index contributed by atoms with van der Waals surface area (Å²) in [7, 11) is 5.80. The predicted molar refractivity (Wildman–Crippen MR) is 64.0 cm³/mol. The quantitative estimate of drug-likeness (QED) is 0.653. The Morgan fingerprint density at radius 1 is 1.27 bits per heavy atom. The molecule has 2 aliphatic heterocycles. The van der Waals surface area contributed by atoms with Crippen molar-refractivity contribution in [2.45, 2.75) is 38.3 Å². The Bertz CT molecular complexity index is 192. The number of nitrogens with one attached hydrogen (secondary N) is 1. The Kier molecular flexibility index (Phi) is 4.06. The van der Waals surface area contributed by atoms with Crippen molar-refractivity contribution in [1.82, 2.24) is 15.0 Å². The second kappa shape index (κ2) is 5.33. The third-order valence-corrected chi connectivity index (χ3v) is 3.84. The van der Waals surface area contributed by atoms with Crippen LogP contribution in [0, 0.1) is 0 Å². The summed E-state index contributed by atoms with van der Waals surface area (Å²) in [6, 6.07) is 1.52. The van der Waals surface area contributed by atoms with Gasteiger partial charge in [0.1, 0.15) is 0 Å². The van der Waals surface area contributed by atoms with Gasteiger partial charge in [0.2, 0.25) is 0 Å². The molecule has 0 aliphatic carbocycles. The van der Waals surface area contributed by atoms with Gasteiger partial charge >= 0.3 is 0 Å². The van der Waals surface area contributed by atoms with Crippen LogP contribution in [0.1, 0.15) is 26.2 Å². The third kappa shape index (κ3) is 2.74. The molecule has 2 heterocycles. The van der Waals surface area contributed by atoms with Gasteiger partial charge in [0.05, 0.1) is 0 Å².